The van der Waals surface area contributed by atoms with E-state index in [2.05, 4.69) is 22.5 Å². The van der Waals surface area contributed by atoms with E-state index in [1.165, 1.54) is 0 Å². The fourth-order valence-electron chi connectivity index (χ4n) is 2.20. The highest BCUT2D eigenvalue weighted by atomic mass is 35.5. The molecule has 0 bridgehead atoms. The number of benzene rings is 1. The molecule has 5 nitrogen and oxygen atoms in total. The first-order chi connectivity index (χ1) is 9.19. The maximum atomic E-state index is 12.0. The summed E-state index contributed by atoms with van der Waals surface area (Å²) >= 11 is 0. The van der Waals surface area contributed by atoms with Crippen LogP contribution in [0.3, 0.4) is 0 Å². The molecule has 1 aliphatic heterocycles. The van der Waals surface area contributed by atoms with Gasteiger partial charge in [-0.1, -0.05) is 6.07 Å². The molecular formula is C14H22ClN3O2. The van der Waals surface area contributed by atoms with E-state index in [1.54, 1.807) is 7.11 Å². The lowest BCUT2D eigenvalue weighted by molar-refractivity contribution is -0.118. The van der Waals surface area contributed by atoms with Gasteiger partial charge < -0.3 is 15.4 Å². The van der Waals surface area contributed by atoms with Crippen LogP contribution >= 0.6 is 12.4 Å². The van der Waals surface area contributed by atoms with Gasteiger partial charge in [0.05, 0.1) is 13.7 Å². The molecule has 1 fully saturated rings. The molecule has 1 aromatic carbocycles. The topological polar surface area (TPSA) is 53.6 Å². The fraction of sp³-hybridized carbons (Fsp3) is 0.500. The number of piperazine rings is 1. The lowest BCUT2D eigenvalue weighted by Gasteiger charge is -2.33. The summed E-state index contributed by atoms with van der Waals surface area (Å²) in [6, 6.07) is 7.79. The number of rotatable bonds is 4. The van der Waals surface area contributed by atoms with Crippen molar-refractivity contribution in [3.63, 3.8) is 0 Å². The van der Waals surface area contributed by atoms with E-state index in [1.807, 2.05) is 24.3 Å². The van der Waals surface area contributed by atoms with Gasteiger partial charge in [-0.25, -0.2) is 0 Å². The summed E-state index contributed by atoms with van der Waals surface area (Å²) in [5.41, 5.74) is 0.770. The molecule has 0 saturated carbocycles. The van der Waals surface area contributed by atoms with Crippen LogP contribution in [0.5, 0.6) is 5.75 Å². The van der Waals surface area contributed by atoms with E-state index in [0.29, 0.717) is 12.6 Å². The van der Waals surface area contributed by atoms with Crippen molar-refractivity contribution < 1.29 is 9.53 Å². The lowest BCUT2D eigenvalue weighted by atomic mass is 10.2. The Hall–Kier alpha value is -1.30. The van der Waals surface area contributed by atoms with Gasteiger partial charge in [0.15, 0.2) is 0 Å². The second-order valence-electron chi connectivity index (χ2n) is 4.80. The van der Waals surface area contributed by atoms with Crippen LogP contribution in [-0.2, 0) is 4.79 Å². The minimum atomic E-state index is 0. The summed E-state index contributed by atoms with van der Waals surface area (Å²) in [6.45, 7) is 5.35. The fourth-order valence-corrected chi connectivity index (χ4v) is 2.20. The Balaban J connectivity index is 0.00000200. The van der Waals surface area contributed by atoms with Crippen molar-refractivity contribution in [3.05, 3.63) is 24.3 Å². The number of halogens is 1. The number of hydrogen-bond donors (Lipinski definition) is 2. The monoisotopic (exact) mass is 299 g/mol. The van der Waals surface area contributed by atoms with E-state index >= 15 is 0 Å². The Morgan fingerprint density at radius 1 is 1.55 bits per heavy atom. The molecule has 1 amide bonds. The van der Waals surface area contributed by atoms with E-state index in [9.17, 15) is 4.79 Å². The number of carbonyl (C=O) groups is 1. The van der Waals surface area contributed by atoms with E-state index in [0.717, 1.165) is 31.1 Å². The molecule has 0 aliphatic carbocycles. The Morgan fingerprint density at radius 2 is 2.35 bits per heavy atom. The molecule has 2 N–H and O–H groups in total. The molecule has 1 heterocycles. The molecule has 0 spiro atoms. The maximum absolute atomic E-state index is 12.0. The summed E-state index contributed by atoms with van der Waals surface area (Å²) in [6.07, 6.45) is 0. The van der Waals surface area contributed by atoms with Crippen molar-refractivity contribution >= 4 is 24.0 Å². The van der Waals surface area contributed by atoms with Crippen molar-refractivity contribution in [2.24, 2.45) is 0 Å². The zero-order chi connectivity index (χ0) is 13.7. The van der Waals surface area contributed by atoms with Gasteiger partial charge in [-0.3, -0.25) is 9.69 Å². The summed E-state index contributed by atoms with van der Waals surface area (Å²) < 4.78 is 5.13. The predicted molar refractivity (Wildman–Crippen MR) is 82.8 cm³/mol. The van der Waals surface area contributed by atoms with Crippen LogP contribution < -0.4 is 15.4 Å². The van der Waals surface area contributed by atoms with Crippen LogP contribution in [0.2, 0.25) is 0 Å². The summed E-state index contributed by atoms with van der Waals surface area (Å²) in [5, 5.41) is 6.22. The SMILES string of the molecule is COc1cccc(NC(=O)CN2CCNC[C@@H]2C)c1.Cl. The van der Waals surface area contributed by atoms with Gasteiger partial charge in [-0.15, -0.1) is 12.4 Å². The number of amides is 1. The van der Waals surface area contributed by atoms with Crippen molar-refractivity contribution in [1.29, 1.82) is 0 Å². The van der Waals surface area contributed by atoms with Gasteiger partial charge in [0, 0.05) is 37.4 Å². The minimum absolute atomic E-state index is 0. The predicted octanol–water partition coefficient (Wildman–Crippen LogP) is 1.35. The number of hydrogen-bond acceptors (Lipinski definition) is 4. The van der Waals surface area contributed by atoms with Crippen LogP contribution in [0, 0.1) is 0 Å². The molecule has 6 heteroatoms. The first-order valence-corrected chi connectivity index (χ1v) is 6.57. The molecule has 1 atom stereocenters. The smallest absolute Gasteiger partial charge is 0.238 e. The number of anilines is 1. The van der Waals surface area contributed by atoms with Crippen molar-refractivity contribution in [2.75, 3.05) is 38.6 Å². The highest BCUT2D eigenvalue weighted by Crippen LogP contribution is 2.16. The van der Waals surface area contributed by atoms with Gasteiger partial charge in [-0.05, 0) is 19.1 Å². The maximum Gasteiger partial charge on any atom is 0.238 e. The quantitative estimate of drug-likeness (QED) is 0.881. The molecule has 20 heavy (non-hydrogen) atoms. The molecule has 0 aromatic heterocycles. The Labute approximate surface area is 126 Å². The van der Waals surface area contributed by atoms with E-state index in [4.69, 9.17) is 4.74 Å². The third-order valence-electron chi connectivity index (χ3n) is 3.34. The molecule has 1 aromatic rings. The average molecular weight is 300 g/mol. The van der Waals surface area contributed by atoms with Crippen LogP contribution in [0.25, 0.3) is 0 Å². The van der Waals surface area contributed by atoms with E-state index in [-0.39, 0.29) is 18.3 Å². The molecule has 0 radical (unpaired) electrons. The van der Waals surface area contributed by atoms with Gasteiger partial charge in [0.1, 0.15) is 5.75 Å². The second kappa shape index (κ2) is 8.09. The molecular weight excluding hydrogens is 278 g/mol. The molecule has 2 rings (SSSR count). The standard InChI is InChI=1S/C14H21N3O2.ClH/c1-11-9-15-6-7-17(11)10-14(18)16-12-4-3-5-13(8-12)19-2;/h3-5,8,11,15H,6-7,9-10H2,1-2H3,(H,16,18);1H/t11-;/m0./s1. The third kappa shape index (κ3) is 4.67. The average Bonchev–Trinajstić information content (AvgIpc) is 2.41. The van der Waals surface area contributed by atoms with Gasteiger partial charge in [0.25, 0.3) is 0 Å². The van der Waals surface area contributed by atoms with Crippen molar-refractivity contribution in [1.82, 2.24) is 10.2 Å². The summed E-state index contributed by atoms with van der Waals surface area (Å²) in [7, 11) is 1.61. The Bertz CT molecular complexity index is 442. The van der Waals surface area contributed by atoms with Crippen LogP contribution in [0.4, 0.5) is 5.69 Å². The number of carbonyl (C=O) groups excluding carboxylic acids is 1. The number of nitrogens with one attached hydrogen (secondary N) is 2. The van der Waals surface area contributed by atoms with Gasteiger partial charge in [-0.2, -0.15) is 0 Å². The van der Waals surface area contributed by atoms with Crippen LogP contribution in [0.1, 0.15) is 6.92 Å². The van der Waals surface area contributed by atoms with Crippen LogP contribution in [-0.4, -0.2) is 50.1 Å². The van der Waals surface area contributed by atoms with E-state index < -0.39 is 0 Å². The normalized spacial score (nSPS) is 19.0. The van der Waals surface area contributed by atoms with Crippen molar-refractivity contribution in [3.8, 4) is 5.75 Å². The molecule has 112 valence electrons. The number of nitrogens with zero attached hydrogens (tertiary/aromatic N) is 1. The highest BCUT2D eigenvalue weighted by Gasteiger charge is 2.20. The summed E-state index contributed by atoms with van der Waals surface area (Å²) in [4.78, 5) is 14.2. The largest absolute Gasteiger partial charge is 0.497 e. The number of ether oxygens (including phenoxy) is 1. The van der Waals surface area contributed by atoms with Gasteiger partial charge in [0.2, 0.25) is 5.91 Å². The first-order valence-electron chi connectivity index (χ1n) is 6.57. The Kier molecular flexibility index (Phi) is 6.78. The van der Waals surface area contributed by atoms with Crippen molar-refractivity contribution in [2.45, 2.75) is 13.0 Å². The minimum Gasteiger partial charge on any atom is -0.497 e. The molecule has 1 aliphatic rings. The van der Waals surface area contributed by atoms with Crippen LogP contribution in [0.15, 0.2) is 24.3 Å². The summed E-state index contributed by atoms with van der Waals surface area (Å²) in [5.74, 6) is 0.760. The molecule has 1 saturated heterocycles. The Morgan fingerprint density at radius 3 is 3.05 bits per heavy atom. The lowest BCUT2D eigenvalue weighted by Crippen LogP contribution is -2.51. The zero-order valence-electron chi connectivity index (χ0n) is 11.9. The highest BCUT2D eigenvalue weighted by molar-refractivity contribution is 5.92. The molecule has 0 unspecified atom stereocenters. The third-order valence-corrected chi connectivity index (χ3v) is 3.34. The second-order valence-corrected chi connectivity index (χ2v) is 4.80. The number of methoxy groups -OCH3 is 1. The van der Waals surface area contributed by atoms with Gasteiger partial charge >= 0.3 is 0 Å². The zero-order valence-corrected chi connectivity index (χ0v) is 12.7. The first kappa shape index (κ1) is 16.8.